The van der Waals surface area contributed by atoms with E-state index in [0.717, 1.165) is 68.3 Å². The van der Waals surface area contributed by atoms with Crippen molar-refractivity contribution < 1.29 is 9.47 Å². The van der Waals surface area contributed by atoms with Crippen LogP contribution in [0.3, 0.4) is 0 Å². The number of nitrogens with one attached hydrogen (secondary N) is 2. The molecule has 1 atom stereocenters. The second-order valence-corrected chi connectivity index (χ2v) is 8.33. The van der Waals surface area contributed by atoms with Crippen molar-refractivity contribution in [2.75, 3.05) is 58.9 Å². The molecule has 1 aromatic carbocycles. The van der Waals surface area contributed by atoms with Crippen LogP contribution in [-0.2, 0) is 0 Å². The van der Waals surface area contributed by atoms with Crippen LogP contribution in [0.25, 0.3) is 0 Å². The van der Waals surface area contributed by atoms with E-state index >= 15 is 0 Å². The van der Waals surface area contributed by atoms with E-state index in [9.17, 15) is 0 Å². The first kappa shape index (κ1) is 25.8. The van der Waals surface area contributed by atoms with E-state index in [1.165, 1.54) is 25.7 Å². The highest BCUT2D eigenvalue weighted by molar-refractivity contribution is 14.0. The fourth-order valence-corrected chi connectivity index (χ4v) is 4.45. The van der Waals surface area contributed by atoms with Gasteiger partial charge in [0.2, 0.25) is 0 Å². The van der Waals surface area contributed by atoms with Crippen LogP contribution < -0.4 is 25.0 Å². The van der Waals surface area contributed by atoms with Gasteiger partial charge in [-0.3, -0.25) is 4.99 Å². The summed E-state index contributed by atoms with van der Waals surface area (Å²) in [7, 11) is 5.62. The zero-order chi connectivity index (χ0) is 21.3. The second-order valence-electron chi connectivity index (χ2n) is 8.33. The van der Waals surface area contributed by atoms with Crippen LogP contribution in [0.2, 0.25) is 0 Å². The smallest absolute Gasteiger partial charge is 0.191 e. The average Bonchev–Trinajstić information content (AvgIpc) is 3.46. The minimum Gasteiger partial charge on any atom is -0.497 e. The molecular formula is C23H40IN5O2. The van der Waals surface area contributed by atoms with E-state index in [1.54, 1.807) is 14.2 Å². The lowest BCUT2D eigenvalue weighted by atomic mass is 10.2. The molecule has 176 valence electrons. The van der Waals surface area contributed by atoms with Gasteiger partial charge in [0.15, 0.2) is 5.96 Å². The van der Waals surface area contributed by atoms with Gasteiger partial charge in [0.25, 0.3) is 0 Å². The van der Waals surface area contributed by atoms with E-state index in [0.29, 0.717) is 6.04 Å². The van der Waals surface area contributed by atoms with Crippen molar-refractivity contribution in [1.82, 2.24) is 15.5 Å². The molecule has 1 saturated heterocycles. The van der Waals surface area contributed by atoms with E-state index in [4.69, 9.17) is 14.5 Å². The molecule has 2 N–H and O–H groups in total. The number of aliphatic imine (C=N–C) groups is 1. The number of anilines is 1. The molecule has 1 aromatic rings. The third-order valence-electron chi connectivity index (χ3n) is 6.25. The van der Waals surface area contributed by atoms with Gasteiger partial charge in [0.1, 0.15) is 11.5 Å². The number of halogens is 1. The molecule has 2 fully saturated rings. The Hall–Kier alpha value is -1.42. The van der Waals surface area contributed by atoms with Crippen molar-refractivity contribution >= 4 is 35.6 Å². The van der Waals surface area contributed by atoms with Crippen molar-refractivity contribution in [2.24, 2.45) is 4.99 Å². The van der Waals surface area contributed by atoms with Crippen molar-refractivity contribution in [3.63, 3.8) is 0 Å². The van der Waals surface area contributed by atoms with Crippen molar-refractivity contribution in [2.45, 2.75) is 51.1 Å². The van der Waals surface area contributed by atoms with E-state index in [2.05, 4.69) is 46.5 Å². The summed E-state index contributed by atoms with van der Waals surface area (Å²) in [5.74, 6) is 2.57. The van der Waals surface area contributed by atoms with Crippen molar-refractivity contribution in [3.8, 4) is 11.5 Å². The van der Waals surface area contributed by atoms with Gasteiger partial charge in [-0.15, -0.1) is 24.0 Å². The first-order chi connectivity index (χ1) is 14.6. The van der Waals surface area contributed by atoms with Crippen LogP contribution in [0.4, 0.5) is 5.69 Å². The summed E-state index contributed by atoms with van der Waals surface area (Å²) >= 11 is 0. The lowest BCUT2D eigenvalue weighted by Gasteiger charge is -2.23. The van der Waals surface area contributed by atoms with Crippen molar-refractivity contribution in [3.05, 3.63) is 18.2 Å². The van der Waals surface area contributed by atoms with E-state index in [1.807, 2.05) is 6.07 Å². The first-order valence-corrected chi connectivity index (χ1v) is 11.4. The summed E-state index contributed by atoms with van der Waals surface area (Å²) in [6.07, 6.45) is 6.50. The van der Waals surface area contributed by atoms with Crippen LogP contribution in [0.5, 0.6) is 11.5 Å². The number of rotatable bonds is 9. The van der Waals surface area contributed by atoms with Crippen LogP contribution in [-0.4, -0.2) is 76.9 Å². The Balaban J connectivity index is 0.00000341. The van der Waals surface area contributed by atoms with Gasteiger partial charge >= 0.3 is 0 Å². The predicted octanol–water partition coefficient (Wildman–Crippen LogP) is 3.33. The summed E-state index contributed by atoms with van der Waals surface area (Å²) in [5.41, 5.74) is 1.13. The quantitative estimate of drug-likeness (QED) is 0.282. The zero-order valence-electron chi connectivity index (χ0n) is 19.5. The molecule has 2 aliphatic rings. The predicted molar refractivity (Wildman–Crippen MR) is 140 cm³/mol. The molecule has 8 heteroatoms. The Morgan fingerprint density at radius 2 is 1.81 bits per heavy atom. The SMILES string of the molecule is CCNC(=NCCN(C)C1CCCC1)NC1CCN(c2cc(OC)cc(OC)c2)C1.I. The molecule has 1 aliphatic carbocycles. The highest BCUT2D eigenvalue weighted by atomic mass is 127. The molecule has 0 aromatic heterocycles. The van der Waals surface area contributed by atoms with Gasteiger partial charge in [-0.1, -0.05) is 12.8 Å². The molecule has 1 heterocycles. The van der Waals surface area contributed by atoms with E-state index in [-0.39, 0.29) is 24.0 Å². The summed E-state index contributed by atoms with van der Waals surface area (Å²) in [6, 6.07) is 7.17. The number of ether oxygens (including phenoxy) is 2. The fourth-order valence-electron chi connectivity index (χ4n) is 4.45. The topological polar surface area (TPSA) is 61.4 Å². The number of hydrogen-bond donors (Lipinski definition) is 2. The molecule has 0 bridgehead atoms. The first-order valence-electron chi connectivity index (χ1n) is 11.4. The third-order valence-corrected chi connectivity index (χ3v) is 6.25. The molecule has 1 saturated carbocycles. The Morgan fingerprint density at radius 1 is 1.13 bits per heavy atom. The summed E-state index contributed by atoms with van der Waals surface area (Å²) in [5, 5.41) is 7.04. The minimum absolute atomic E-state index is 0. The largest absolute Gasteiger partial charge is 0.497 e. The number of benzene rings is 1. The molecule has 0 spiro atoms. The molecule has 3 rings (SSSR count). The molecule has 31 heavy (non-hydrogen) atoms. The Bertz CT molecular complexity index is 674. The Morgan fingerprint density at radius 3 is 2.42 bits per heavy atom. The van der Waals surface area contributed by atoms with Gasteiger partial charge in [0, 0.05) is 62.1 Å². The minimum atomic E-state index is 0. The van der Waals surface area contributed by atoms with Gasteiger partial charge < -0.3 is 29.9 Å². The number of hydrogen-bond acceptors (Lipinski definition) is 5. The number of guanidine groups is 1. The van der Waals surface area contributed by atoms with Gasteiger partial charge in [-0.2, -0.15) is 0 Å². The van der Waals surface area contributed by atoms with Crippen LogP contribution >= 0.6 is 24.0 Å². The molecule has 7 nitrogen and oxygen atoms in total. The second kappa shape index (κ2) is 13.2. The van der Waals surface area contributed by atoms with Gasteiger partial charge in [-0.25, -0.2) is 0 Å². The third kappa shape index (κ3) is 7.59. The molecule has 1 unspecified atom stereocenters. The summed E-state index contributed by atoms with van der Waals surface area (Å²) < 4.78 is 10.9. The van der Waals surface area contributed by atoms with Crippen LogP contribution in [0.1, 0.15) is 39.0 Å². The van der Waals surface area contributed by atoms with E-state index < -0.39 is 0 Å². The maximum Gasteiger partial charge on any atom is 0.191 e. The highest BCUT2D eigenvalue weighted by Crippen LogP contribution is 2.30. The Kier molecular flexibility index (Phi) is 11.0. The standard InChI is InChI=1S/C23H39N5O2.HI/c1-5-24-23(25-11-13-27(2)19-8-6-7-9-19)26-18-10-12-28(17-18)20-14-21(29-3)16-22(15-20)30-4;/h14-16,18-19H,5-13,17H2,1-4H3,(H2,24,25,26);1H. The monoisotopic (exact) mass is 545 g/mol. The fraction of sp³-hybridized carbons (Fsp3) is 0.696. The number of methoxy groups -OCH3 is 2. The zero-order valence-corrected chi connectivity index (χ0v) is 21.9. The van der Waals surface area contributed by atoms with Gasteiger partial charge in [0.05, 0.1) is 20.8 Å². The summed E-state index contributed by atoms with van der Waals surface area (Å²) in [6.45, 7) is 6.76. The summed E-state index contributed by atoms with van der Waals surface area (Å²) in [4.78, 5) is 9.69. The van der Waals surface area contributed by atoms with Crippen LogP contribution in [0.15, 0.2) is 23.2 Å². The average molecular weight is 546 g/mol. The number of nitrogens with zero attached hydrogens (tertiary/aromatic N) is 3. The maximum absolute atomic E-state index is 5.43. The molecule has 1 aliphatic heterocycles. The lowest BCUT2D eigenvalue weighted by molar-refractivity contribution is 0.252. The normalized spacial score (nSPS) is 19.5. The number of likely N-dealkylation sites (N-methyl/N-ethyl adjacent to an activating group) is 1. The molecule has 0 amide bonds. The van der Waals surface area contributed by atoms with Gasteiger partial charge in [-0.05, 0) is 33.2 Å². The lowest BCUT2D eigenvalue weighted by Crippen LogP contribution is -2.45. The maximum atomic E-state index is 5.43. The molecule has 0 radical (unpaired) electrons. The van der Waals surface area contributed by atoms with Crippen molar-refractivity contribution in [1.29, 1.82) is 0 Å². The Labute approximate surface area is 205 Å². The highest BCUT2D eigenvalue weighted by Gasteiger charge is 2.24. The molecular weight excluding hydrogens is 505 g/mol. The van der Waals surface area contributed by atoms with Crippen LogP contribution in [0, 0.1) is 0 Å².